The molecule has 0 aliphatic carbocycles. The smallest absolute Gasteiger partial charge is 0.269 e. The minimum atomic E-state index is -0.610. The number of phenols is 1. The van der Waals surface area contributed by atoms with Gasteiger partial charge in [0, 0.05) is 23.9 Å². The Labute approximate surface area is 135 Å². The lowest BCUT2D eigenvalue weighted by atomic mass is 10.1. The molecular formula is C16H12N2O6. The van der Waals surface area contributed by atoms with E-state index in [1.54, 1.807) is 6.07 Å². The van der Waals surface area contributed by atoms with Gasteiger partial charge in [-0.15, -0.1) is 0 Å². The Balaban J connectivity index is 1.96. The number of carbonyl (C=O) groups excluding carboxylic acids is 1. The lowest BCUT2D eigenvalue weighted by Gasteiger charge is -2.12. The summed E-state index contributed by atoms with van der Waals surface area (Å²) < 4.78 is 10.4. The van der Waals surface area contributed by atoms with Crippen molar-refractivity contribution in [2.75, 3.05) is 12.4 Å². The highest BCUT2D eigenvalue weighted by molar-refractivity contribution is 6.11. The van der Waals surface area contributed by atoms with Crippen molar-refractivity contribution in [3.8, 4) is 11.5 Å². The van der Waals surface area contributed by atoms with E-state index in [9.17, 15) is 20.0 Å². The lowest BCUT2D eigenvalue weighted by Crippen LogP contribution is -2.13. The molecule has 1 aromatic heterocycles. The van der Waals surface area contributed by atoms with Gasteiger partial charge in [0.05, 0.1) is 23.7 Å². The quantitative estimate of drug-likeness (QED) is 0.561. The third kappa shape index (κ3) is 2.60. The summed E-state index contributed by atoms with van der Waals surface area (Å²) >= 11 is 0. The number of phenolic OH excluding ortho intramolecular Hbond substituents is 1. The molecule has 3 aromatic rings. The molecule has 0 aliphatic rings. The molecule has 0 bridgehead atoms. The minimum absolute atomic E-state index is 0.0512. The molecule has 2 aromatic carbocycles. The number of fused-ring (bicyclic) bond motifs is 1. The number of benzene rings is 2. The third-order valence-corrected chi connectivity index (χ3v) is 3.46. The number of furan rings is 1. The Kier molecular flexibility index (Phi) is 3.78. The van der Waals surface area contributed by atoms with E-state index in [0.717, 1.165) is 0 Å². The summed E-state index contributed by atoms with van der Waals surface area (Å²) in [5, 5.41) is 23.9. The van der Waals surface area contributed by atoms with E-state index in [2.05, 4.69) is 5.32 Å². The average Bonchev–Trinajstić information content (AvgIpc) is 3.01. The van der Waals surface area contributed by atoms with Crippen molar-refractivity contribution >= 4 is 28.3 Å². The van der Waals surface area contributed by atoms with Crippen LogP contribution in [0.4, 0.5) is 11.4 Å². The maximum Gasteiger partial charge on any atom is 0.269 e. The normalized spacial score (nSPS) is 10.5. The number of nitro benzene ring substituents is 1. The molecule has 0 radical (unpaired) electrons. The van der Waals surface area contributed by atoms with E-state index in [0.29, 0.717) is 16.7 Å². The fourth-order valence-electron chi connectivity index (χ4n) is 2.36. The zero-order valence-electron chi connectivity index (χ0n) is 12.5. The first-order valence-corrected chi connectivity index (χ1v) is 6.84. The Morgan fingerprint density at radius 3 is 2.62 bits per heavy atom. The van der Waals surface area contributed by atoms with Crippen LogP contribution in [0.1, 0.15) is 10.4 Å². The SMILES string of the molecule is COc1c(C(=O)Nc2ccc([N+](=O)[O-])cc2)c(O)cc2occc12. The van der Waals surface area contributed by atoms with Crippen LogP contribution >= 0.6 is 0 Å². The number of hydrogen-bond donors (Lipinski definition) is 2. The van der Waals surface area contributed by atoms with Crippen LogP contribution < -0.4 is 10.1 Å². The van der Waals surface area contributed by atoms with Crippen LogP contribution in [-0.2, 0) is 0 Å². The van der Waals surface area contributed by atoms with Crippen molar-refractivity contribution in [3.05, 3.63) is 58.3 Å². The van der Waals surface area contributed by atoms with E-state index in [4.69, 9.17) is 9.15 Å². The number of methoxy groups -OCH3 is 1. The first-order chi connectivity index (χ1) is 11.5. The second-order valence-corrected chi connectivity index (χ2v) is 4.89. The van der Waals surface area contributed by atoms with Gasteiger partial charge < -0.3 is 19.6 Å². The van der Waals surface area contributed by atoms with Gasteiger partial charge in [0.15, 0.2) is 0 Å². The second-order valence-electron chi connectivity index (χ2n) is 4.89. The standard InChI is InChI=1S/C16H12N2O6/c1-23-15-11-6-7-24-13(11)8-12(19)14(15)16(20)17-9-2-4-10(5-3-9)18(21)22/h2-8,19H,1H3,(H,17,20). The topological polar surface area (TPSA) is 115 Å². The molecule has 8 heteroatoms. The summed E-state index contributed by atoms with van der Waals surface area (Å²) in [6, 6.07) is 8.28. The van der Waals surface area contributed by atoms with Crippen LogP contribution in [0.15, 0.2) is 47.1 Å². The summed E-state index contributed by atoms with van der Waals surface area (Å²) in [5.41, 5.74) is 0.591. The molecule has 0 saturated carbocycles. The maximum atomic E-state index is 12.5. The van der Waals surface area contributed by atoms with Gasteiger partial charge in [0.25, 0.3) is 11.6 Å². The van der Waals surface area contributed by atoms with Gasteiger partial charge in [-0.1, -0.05) is 0 Å². The fourth-order valence-corrected chi connectivity index (χ4v) is 2.36. The average molecular weight is 328 g/mol. The second kappa shape index (κ2) is 5.92. The number of rotatable bonds is 4. The molecule has 122 valence electrons. The molecule has 8 nitrogen and oxygen atoms in total. The van der Waals surface area contributed by atoms with E-state index in [-0.39, 0.29) is 22.7 Å². The first kappa shape index (κ1) is 15.3. The highest BCUT2D eigenvalue weighted by Gasteiger charge is 2.22. The zero-order chi connectivity index (χ0) is 17.3. The van der Waals surface area contributed by atoms with Crippen LogP contribution in [0, 0.1) is 10.1 Å². The molecule has 0 fully saturated rings. The molecular weight excluding hydrogens is 316 g/mol. The molecule has 1 amide bonds. The molecule has 0 saturated heterocycles. The molecule has 0 aliphatic heterocycles. The number of nitro groups is 1. The Bertz CT molecular complexity index is 930. The minimum Gasteiger partial charge on any atom is -0.507 e. The fraction of sp³-hybridized carbons (Fsp3) is 0.0625. The predicted molar refractivity (Wildman–Crippen MR) is 85.5 cm³/mol. The highest BCUT2D eigenvalue weighted by Crippen LogP contribution is 2.37. The first-order valence-electron chi connectivity index (χ1n) is 6.84. The van der Waals surface area contributed by atoms with Gasteiger partial charge in [0.1, 0.15) is 22.6 Å². The van der Waals surface area contributed by atoms with Gasteiger partial charge in [-0.25, -0.2) is 0 Å². The van der Waals surface area contributed by atoms with Gasteiger partial charge in [-0.3, -0.25) is 14.9 Å². The van der Waals surface area contributed by atoms with Gasteiger partial charge in [-0.2, -0.15) is 0 Å². The van der Waals surface area contributed by atoms with Crippen molar-refractivity contribution < 1.29 is 24.0 Å². The summed E-state index contributed by atoms with van der Waals surface area (Å²) in [5.74, 6) is -0.729. The largest absolute Gasteiger partial charge is 0.507 e. The number of anilines is 1. The van der Waals surface area contributed by atoms with Crippen LogP contribution in [0.25, 0.3) is 11.0 Å². The van der Waals surface area contributed by atoms with Gasteiger partial charge in [-0.05, 0) is 18.2 Å². The molecule has 1 heterocycles. The number of non-ortho nitro benzene ring substituents is 1. The summed E-state index contributed by atoms with van der Waals surface area (Å²) in [6.07, 6.45) is 1.42. The van der Waals surface area contributed by atoms with Crippen molar-refractivity contribution in [3.63, 3.8) is 0 Å². The zero-order valence-corrected chi connectivity index (χ0v) is 12.5. The number of carbonyl (C=O) groups is 1. The maximum absolute atomic E-state index is 12.5. The number of nitrogens with zero attached hydrogens (tertiary/aromatic N) is 1. The molecule has 2 N–H and O–H groups in total. The summed E-state index contributed by atoms with van der Waals surface area (Å²) in [6.45, 7) is 0. The van der Waals surface area contributed by atoms with Gasteiger partial charge >= 0.3 is 0 Å². The van der Waals surface area contributed by atoms with Crippen LogP contribution in [-0.4, -0.2) is 23.0 Å². The highest BCUT2D eigenvalue weighted by atomic mass is 16.6. The van der Waals surface area contributed by atoms with Crippen LogP contribution in [0.2, 0.25) is 0 Å². The molecule has 24 heavy (non-hydrogen) atoms. The molecule has 3 rings (SSSR count). The van der Waals surface area contributed by atoms with Crippen molar-refractivity contribution in [2.45, 2.75) is 0 Å². The van der Waals surface area contributed by atoms with E-state index in [1.165, 1.54) is 43.7 Å². The lowest BCUT2D eigenvalue weighted by molar-refractivity contribution is -0.384. The number of amides is 1. The number of hydrogen-bond acceptors (Lipinski definition) is 6. The Hall–Kier alpha value is -3.55. The number of aromatic hydroxyl groups is 1. The molecule has 0 spiro atoms. The van der Waals surface area contributed by atoms with Crippen molar-refractivity contribution in [1.82, 2.24) is 0 Å². The predicted octanol–water partition coefficient (Wildman–Crippen LogP) is 3.31. The van der Waals surface area contributed by atoms with E-state index in [1.807, 2.05) is 0 Å². The van der Waals surface area contributed by atoms with Crippen molar-refractivity contribution in [2.24, 2.45) is 0 Å². The Morgan fingerprint density at radius 1 is 1.29 bits per heavy atom. The molecule has 0 atom stereocenters. The van der Waals surface area contributed by atoms with Crippen LogP contribution in [0.3, 0.4) is 0 Å². The van der Waals surface area contributed by atoms with E-state index < -0.39 is 10.8 Å². The summed E-state index contributed by atoms with van der Waals surface area (Å²) in [4.78, 5) is 22.6. The Morgan fingerprint density at radius 2 is 2.00 bits per heavy atom. The molecule has 0 unspecified atom stereocenters. The van der Waals surface area contributed by atoms with Crippen LogP contribution in [0.5, 0.6) is 11.5 Å². The van der Waals surface area contributed by atoms with E-state index >= 15 is 0 Å². The van der Waals surface area contributed by atoms with Crippen molar-refractivity contribution in [1.29, 1.82) is 0 Å². The summed E-state index contributed by atoms with van der Waals surface area (Å²) in [7, 11) is 1.38. The monoisotopic (exact) mass is 328 g/mol. The van der Waals surface area contributed by atoms with Gasteiger partial charge in [0.2, 0.25) is 0 Å². The number of ether oxygens (including phenoxy) is 1. The number of nitrogens with one attached hydrogen (secondary N) is 1. The third-order valence-electron chi connectivity index (χ3n) is 3.46.